The lowest BCUT2D eigenvalue weighted by molar-refractivity contribution is -0.0790. The van der Waals surface area contributed by atoms with Gasteiger partial charge in [0.05, 0.1) is 22.3 Å². The summed E-state index contributed by atoms with van der Waals surface area (Å²) in [7, 11) is 1.88. The van der Waals surface area contributed by atoms with Crippen LogP contribution in [0.5, 0.6) is 0 Å². The molecule has 5 rings (SSSR count). The van der Waals surface area contributed by atoms with Crippen LogP contribution in [0.15, 0.2) is 66.7 Å². The third kappa shape index (κ3) is 5.73. The van der Waals surface area contributed by atoms with Crippen LogP contribution >= 0.6 is 23.2 Å². The molecule has 0 saturated carbocycles. The fourth-order valence-electron chi connectivity index (χ4n) is 5.82. The number of ether oxygens (including phenoxy) is 1. The van der Waals surface area contributed by atoms with E-state index in [0.717, 1.165) is 56.6 Å². The Hall–Kier alpha value is -2.37. The van der Waals surface area contributed by atoms with Gasteiger partial charge >= 0.3 is 0 Å². The van der Waals surface area contributed by atoms with E-state index in [1.165, 1.54) is 11.1 Å². The number of carbonyl (C=O) groups is 1. The second-order valence-corrected chi connectivity index (χ2v) is 11.3. The molecule has 3 aromatic carbocycles. The predicted octanol–water partition coefficient (Wildman–Crippen LogP) is 7.07. The van der Waals surface area contributed by atoms with Crippen molar-refractivity contribution in [2.24, 2.45) is 0 Å². The summed E-state index contributed by atoms with van der Waals surface area (Å²) in [5.41, 5.74) is 5.48. The molecule has 0 aromatic heterocycles. The monoisotopic (exact) mass is 536 g/mol. The van der Waals surface area contributed by atoms with Gasteiger partial charge in [-0.05, 0) is 73.7 Å². The summed E-state index contributed by atoms with van der Waals surface area (Å²) < 4.78 is 6.35. The zero-order valence-electron chi connectivity index (χ0n) is 21.6. The van der Waals surface area contributed by atoms with Crippen molar-refractivity contribution >= 4 is 29.1 Å². The first-order valence-corrected chi connectivity index (χ1v) is 13.8. The number of likely N-dealkylation sites (tertiary alicyclic amines) is 1. The van der Waals surface area contributed by atoms with Crippen LogP contribution in [0.1, 0.15) is 57.8 Å². The Morgan fingerprint density at radius 1 is 1.03 bits per heavy atom. The van der Waals surface area contributed by atoms with E-state index in [4.69, 9.17) is 27.9 Å². The number of likely N-dealkylation sites (N-methyl/N-ethyl adjacent to an activating group) is 1. The SMILES string of the molecule is Cc1cccc(C(=O)N(C)C[C@H](CCN2CCC3(CC2)OCc2ccccc23)c2ccc(Cl)c(Cl)c2)c1. The summed E-state index contributed by atoms with van der Waals surface area (Å²) in [4.78, 5) is 17.5. The zero-order valence-corrected chi connectivity index (χ0v) is 23.1. The first-order valence-electron chi connectivity index (χ1n) is 13.1. The second-order valence-electron chi connectivity index (χ2n) is 10.5. The van der Waals surface area contributed by atoms with Gasteiger partial charge in [-0.15, -0.1) is 0 Å². The maximum Gasteiger partial charge on any atom is 0.253 e. The number of carbonyl (C=O) groups excluding carboxylic acids is 1. The van der Waals surface area contributed by atoms with Gasteiger partial charge in [-0.1, -0.05) is 71.2 Å². The molecule has 2 heterocycles. The van der Waals surface area contributed by atoms with Crippen molar-refractivity contribution in [1.29, 1.82) is 0 Å². The van der Waals surface area contributed by atoms with E-state index >= 15 is 0 Å². The van der Waals surface area contributed by atoms with Crippen LogP contribution in [0, 0.1) is 6.92 Å². The molecule has 2 aliphatic heterocycles. The third-order valence-corrected chi connectivity index (χ3v) is 8.73. The Morgan fingerprint density at radius 3 is 2.57 bits per heavy atom. The summed E-state index contributed by atoms with van der Waals surface area (Å²) >= 11 is 12.6. The molecule has 37 heavy (non-hydrogen) atoms. The average molecular weight is 538 g/mol. The molecule has 3 aromatic rings. The van der Waals surface area contributed by atoms with Gasteiger partial charge in [0.2, 0.25) is 0 Å². The number of piperidine rings is 1. The van der Waals surface area contributed by atoms with Gasteiger partial charge in [-0.25, -0.2) is 0 Å². The van der Waals surface area contributed by atoms with Gasteiger partial charge in [0.15, 0.2) is 0 Å². The lowest BCUT2D eigenvalue weighted by Gasteiger charge is -2.40. The largest absolute Gasteiger partial charge is 0.365 e. The Morgan fingerprint density at radius 2 is 1.81 bits per heavy atom. The highest BCUT2D eigenvalue weighted by molar-refractivity contribution is 6.42. The van der Waals surface area contributed by atoms with E-state index in [-0.39, 0.29) is 17.4 Å². The highest BCUT2D eigenvalue weighted by Crippen LogP contribution is 2.44. The average Bonchev–Trinajstić information content (AvgIpc) is 3.26. The van der Waals surface area contributed by atoms with Gasteiger partial charge in [-0.3, -0.25) is 4.79 Å². The molecule has 6 heteroatoms. The number of rotatable bonds is 7. The Bertz CT molecular complexity index is 1270. The summed E-state index contributed by atoms with van der Waals surface area (Å²) in [6.07, 6.45) is 2.94. The quantitative estimate of drug-likeness (QED) is 0.323. The zero-order chi connectivity index (χ0) is 26.0. The van der Waals surface area contributed by atoms with E-state index in [1.807, 2.05) is 61.3 Å². The number of hydrogen-bond acceptors (Lipinski definition) is 3. The van der Waals surface area contributed by atoms with Crippen molar-refractivity contribution in [2.75, 3.05) is 33.2 Å². The fraction of sp³-hybridized carbons (Fsp3) is 0.387. The minimum absolute atomic E-state index is 0.0331. The predicted molar refractivity (Wildman–Crippen MR) is 151 cm³/mol. The second kappa shape index (κ2) is 11.2. The number of halogens is 2. The minimum atomic E-state index is -0.128. The van der Waals surface area contributed by atoms with Gasteiger partial charge in [0.25, 0.3) is 5.91 Å². The van der Waals surface area contributed by atoms with E-state index in [0.29, 0.717) is 22.2 Å². The minimum Gasteiger partial charge on any atom is -0.365 e. The smallest absolute Gasteiger partial charge is 0.253 e. The molecule has 2 aliphatic rings. The van der Waals surface area contributed by atoms with Crippen molar-refractivity contribution < 1.29 is 9.53 Å². The molecule has 1 fully saturated rings. The lowest BCUT2D eigenvalue weighted by Crippen LogP contribution is -2.43. The highest BCUT2D eigenvalue weighted by atomic mass is 35.5. The molecule has 1 atom stereocenters. The van der Waals surface area contributed by atoms with E-state index in [1.54, 1.807) is 0 Å². The van der Waals surface area contributed by atoms with E-state index < -0.39 is 0 Å². The fourth-order valence-corrected chi connectivity index (χ4v) is 6.12. The molecule has 1 amide bonds. The highest BCUT2D eigenvalue weighted by Gasteiger charge is 2.42. The third-order valence-electron chi connectivity index (χ3n) is 7.99. The maximum atomic E-state index is 13.2. The number of fused-ring (bicyclic) bond motifs is 2. The molecule has 4 nitrogen and oxygen atoms in total. The van der Waals surface area contributed by atoms with Gasteiger partial charge in [-0.2, -0.15) is 0 Å². The van der Waals surface area contributed by atoms with Crippen LogP contribution in [-0.4, -0.2) is 48.9 Å². The molecule has 0 radical (unpaired) electrons. The van der Waals surface area contributed by atoms with Gasteiger partial charge in [0, 0.05) is 38.2 Å². The van der Waals surface area contributed by atoms with Crippen LogP contribution < -0.4 is 0 Å². The number of aryl methyl sites for hydroxylation is 1. The summed E-state index contributed by atoms with van der Waals surface area (Å²) in [5, 5.41) is 1.10. The number of benzene rings is 3. The Balaban J connectivity index is 1.26. The molecule has 0 aliphatic carbocycles. The summed E-state index contributed by atoms with van der Waals surface area (Å²) in [6.45, 7) is 6.29. The normalized spacial score (nSPS) is 17.5. The number of nitrogens with zero attached hydrogens (tertiary/aromatic N) is 2. The molecule has 0 N–H and O–H groups in total. The molecule has 0 bridgehead atoms. The van der Waals surface area contributed by atoms with Gasteiger partial charge < -0.3 is 14.5 Å². The standard InChI is InChI=1S/C31H34Cl2N2O2/c1-22-6-5-8-24(18-22)30(36)34(2)20-25(23-10-11-28(32)29(33)19-23)12-15-35-16-13-31(14-17-35)27-9-4-3-7-26(27)21-37-31/h3-11,18-19,25H,12-17,20-21H2,1-2H3/t25-/m0/s1. The van der Waals surface area contributed by atoms with Crippen LogP contribution in [0.25, 0.3) is 0 Å². The molecular weight excluding hydrogens is 503 g/mol. The number of amides is 1. The Labute approximate surface area is 230 Å². The van der Waals surface area contributed by atoms with Crippen LogP contribution in [0.2, 0.25) is 10.0 Å². The molecule has 0 unspecified atom stereocenters. The van der Waals surface area contributed by atoms with E-state index in [2.05, 4.69) is 29.2 Å². The summed E-state index contributed by atoms with van der Waals surface area (Å²) in [6, 6.07) is 22.3. The van der Waals surface area contributed by atoms with Crippen molar-refractivity contribution in [1.82, 2.24) is 9.80 Å². The molecule has 1 saturated heterocycles. The van der Waals surface area contributed by atoms with Crippen LogP contribution in [0.3, 0.4) is 0 Å². The first kappa shape index (κ1) is 26.2. The Kier molecular flexibility index (Phi) is 7.92. The first-order chi connectivity index (χ1) is 17.8. The van der Waals surface area contributed by atoms with Crippen molar-refractivity contribution in [3.05, 3.63) is 105 Å². The molecule has 1 spiro atoms. The summed E-state index contributed by atoms with van der Waals surface area (Å²) in [5.74, 6) is 0.179. The van der Waals surface area contributed by atoms with Crippen LogP contribution in [-0.2, 0) is 16.9 Å². The van der Waals surface area contributed by atoms with Crippen LogP contribution in [0.4, 0.5) is 0 Å². The lowest BCUT2D eigenvalue weighted by atomic mass is 9.83. The topological polar surface area (TPSA) is 32.8 Å². The molecule has 194 valence electrons. The van der Waals surface area contributed by atoms with Crippen molar-refractivity contribution in [3.63, 3.8) is 0 Å². The van der Waals surface area contributed by atoms with E-state index in [9.17, 15) is 4.79 Å². The van der Waals surface area contributed by atoms with Gasteiger partial charge in [0.1, 0.15) is 0 Å². The molecular formula is C31H34Cl2N2O2. The maximum absolute atomic E-state index is 13.2. The number of hydrogen-bond donors (Lipinski definition) is 0. The van der Waals surface area contributed by atoms with Crippen molar-refractivity contribution in [3.8, 4) is 0 Å². The van der Waals surface area contributed by atoms with Crippen molar-refractivity contribution in [2.45, 2.75) is 44.3 Å².